The largest absolute Gasteiger partial charge is 0.462 e. The van der Waals surface area contributed by atoms with Crippen LogP contribution in [-0.4, -0.2) is 60.5 Å². The lowest BCUT2D eigenvalue weighted by atomic mass is 10.0. The molecule has 3 N–H and O–H groups in total. The average molecular weight is 616 g/mol. The van der Waals surface area contributed by atoms with Crippen molar-refractivity contribution < 1.29 is 18.7 Å². The number of anilines is 1. The van der Waals surface area contributed by atoms with Gasteiger partial charge in [-0.3, -0.25) is 9.59 Å². The molecule has 0 atom stereocenters. The quantitative estimate of drug-likeness (QED) is 0.211. The molecule has 1 fully saturated rings. The van der Waals surface area contributed by atoms with Gasteiger partial charge < -0.3 is 25.3 Å². The first kappa shape index (κ1) is 32.6. The fraction of sp³-hybridized carbons (Fsp3) is 0.258. The van der Waals surface area contributed by atoms with Crippen molar-refractivity contribution in [2.45, 2.75) is 13.5 Å². The van der Waals surface area contributed by atoms with Crippen LogP contribution >= 0.6 is 23.2 Å². The summed E-state index contributed by atoms with van der Waals surface area (Å²) in [7, 11) is 0. The molecule has 0 unspecified atom stereocenters. The molecule has 1 saturated heterocycles. The third kappa shape index (κ3) is 6.92. The summed E-state index contributed by atoms with van der Waals surface area (Å²) in [6.07, 6.45) is 1.47. The Morgan fingerprint density at radius 3 is 2.14 bits per heavy atom. The van der Waals surface area contributed by atoms with Crippen molar-refractivity contribution in [2.24, 2.45) is 0 Å². The molecule has 5 rings (SSSR count). The number of fused-ring (bicyclic) bond motifs is 1. The maximum Gasteiger partial charge on any atom is 0.345 e. The van der Waals surface area contributed by atoms with Crippen LogP contribution in [0.3, 0.4) is 0 Å². The first-order chi connectivity index (χ1) is 19.9. The number of aromatic nitrogens is 1. The van der Waals surface area contributed by atoms with E-state index in [1.165, 1.54) is 23.1 Å². The Morgan fingerprint density at radius 1 is 0.905 bits per heavy atom. The standard InChI is InChI=1S/C30H27ClFN3O4.CH3Cl.H3N/c1-2-39-30(38)26-27(33-15-17-34(18-16-33)28(36)21-9-11-22(31)12-10-21)24-5-3-4-6-25(24)35(29(26)37)19-20-7-13-23(32)14-8-20;1-2;/h3-14H,2,15-19H2,1H3;1H3;1H3. The van der Waals surface area contributed by atoms with Gasteiger partial charge in [0.15, 0.2) is 0 Å². The number of ether oxygens (including phenoxy) is 1. The molecule has 2 heterocycles. The molecule has 1 aliphatic heterocycles. The third-order valence-electron chi connectivity index (χ3n) is 6.85. The van der Waals surface area contributed by atoms with Crippen LogP contribution in [0.5, 0.6) is 0 Å². The number of alkyl halides is 1. The fourth-order valence-corrected chi connectivity index (χ4v) is 5.07. The van der Waals surface area contributed by atoms with Crippen molar-refractivity contribution in [1.82, 2.24) is 15.6 Å². The summed E-state index contributed by atoms with van der Waals surface area (Å²) in [6, 6.07) is 20.1. The van der Waals surface area contributed by atoms with E-state index in [2.05, 4.69) is 11.6 Å². The molecule has 11 heteroatoms. The zero-order chi connectivity index (χ0) is 29.5. The van der Waals surface area contributed by atoms with Crippen molar-refractivity contribution in [3.8, 4) is 0 Å². The maximum absolute atomic E-state index is 13.9. The van der Waals surface area contributed by atoms with E-state index >= 15 is 0 Å². The molecule has 0 saturated carbocycles. The summed E-state index contributed by atoms with van der Waals surface area (Å²) in [5, 5.41) is 1.28. The van der Waals surface area contributed by atoms with E-state index in [-0.39, 0.29) is 36.6 Å². The van der Waals surface area contributed by atoms with Crippen molar-refractivity contribution in [3.63, 3.8) is 0 Å². The second kappa shape index (κ2) is 14.8. The third-order valence-corrected chi connectivity index (χ3v) is 7.11. The van der Waals surface area contributed by atoms with Crippen molar-refractivity contribution in [3.05, 3.63) is 111 Å². The molecule has 42 heavy (non-hydrogen) atoms. The number of nitrogens with zero attached hydrogens (tertiary/aromatic N) is 3. The molecular weight excluding hydrogens is 582 g/mol. The molecular formula is C31H33Cl2FN4O4. The van der Waals surface area contributed by atoms with Gasteiger partial charge in [0.1, 0.15) is 11.4 Å². The Bertz CT molecular complexity index is 1590. The van der Waals surface area contributed by atoms with Crippen LogP contribution in [0.2, 0.25) is 5.02 Å². The normalized spacial score (nSPS) is 12.7. The van der Waals surface area contributed by atoms with E-state index in [1.54, 1.807) is 48.2 Å². The minimum atomic E-state index is -0.698. The summed E-state index contributed by atoms with van der Waals surface area (Å²) in [6.45, 7) is 3.65. The fourth-order valence-electron chi connectivity index (χ4n) is 4.94. The highest BCUT2D eigenvalue weighted by Crippen LogP contribution is 2.31. The monoisotopic (exact) mass is 614 g/mol. The zero-order valence-electron chi connectivity index (χ0n) is 23.5. The van der Waals surface area contributed by atoms with Crippen LogP contribution in [0.15, 0.2) is 77.6 Å². The van der Waals surface area contributed by atoms with E-state index in [0.717, 1.165) is 10.9 Å². The molecule has 0 aliphatic carbocycles. The predicted octanol–water partition coefficient (Wildman–Crippen LogP) is 6.00. The Morgan fingerprint density at radius 2 is 1.52 bits per heavy atom. The number of benzene rings is 3. The summed E-state index contributed by atoms with van der Waals surface area (Å²) < 4.78 is 20.4. The predicted molar refractivity (Wildman–Crippen MR) is 166 cm³/mol. The molecule has 0 bridgehead atoms. The minimum absolute atomic E-state index is 0. The van der Waals surface area contributed by atoms with Gasteiger partial charge in [0.2, 0.25) is 0 Å². The van der Waals surface area contributed by atoms with Crippen molar-refractivity contribution in [1.29, 1.82) is 0 Å². The van der Waals surface area contributed by atoms with E-state index in [1.807, 2.05) is 29.2 Å². The number of amides is 1. The van der Waals surface area contributed by atoms with E-state index < -0.39 is 11.5 Å². The smallest absolute Gasteiger partial charge is 0.345 e. The maximum atomic E-state index is 13.9. The second-order valence-electron chi connectivity index (χ2n) is 9.27. The van der Waals surface area contributed by atoms with E-state index in [4.69, 9.17) is 16.3 Å². The Labute approximate surface area is 253 Å². The number of hydrogen-bond donors (Lipinski definition) is 1. The molecule has 8 nitrogen and oxygen atoms in total. The molecule has 3 aromatic carbocycles. The SMILES string of the molecule is CCOC(=O)c1c(N2CCN(C(=O)c3ccc(Cl)cc3)CC2)c2ccccc2n(Cc2ccc(F)cc2)c1=O.CCl.N. The zero-order valence-corrected chi connectivity index (χ0v) is 25.0. The molecule has 0 radical (unpaired) electrons. The van der Waals surface area contributed by atoms with Gasteiger partial charge in [-0.25, -0.2) is 9.18 Å². The van der Waals surface area contributed by atoms with Crippen molar-refractivity contribution in [2.75, 3.05) is 44.1 Å². The van der Waals surface area contributed by atoms with Gasteiger partial charge in [-0.1, -0.05) is 41.9 Å². The van der Waals surface area contributed by atoms with Gasteiger partial charge in [0.05, 0.1) is 24.4 Å². The number of rotatable bonds is 6. The van der Waals surface area contributed by atoms with Crippen LogP contribution in [0.25, 0.3) is 10.9 Å². The number of carbonyl (C=O) groups is 2. The highest BCUT2D eigenvalue weighted by Gasteiger charge is 2.30. The summed E-state index contributed by atoms with van der Waals surface area (Å²) >= 11 is 10.6. The topological polar surface area (TPSA) is 107 Å². The number of esters is 1. The van der Waals surface area contributed by atoms with Gasteiger partial charge in [-0.15, -0.1) is 11.6 Å². The lowest BCUT2D eigenvalue weighted by Gasteiger charge is -2.37. The highest BCUT2D eigenvalue weighted by atomic mass is 35.5. The summed E-state index contributed by atoms with van der Waals surface area (Å²) in [4.78, 5) is 43.9. The lowest BCUT2D eigenvalue weighted by Crippen LogP contribution is -2.49. The Kier molecular flexibility index (Phi) is 11.5. The first-order valence-corrected chi connectivity index (χ1v) is 14.3. The minimum Gasteiger partial charge on any atom is -0.462 e. The van der Waals surface area contributed by atoms with Gasteiger partial charge in [-0.05, 0) is 55.0 Å². The highest BCUT2D eigenvalue weighted by molar-refractivity contribution is 6.30. The summed E-state index contributed by atoms with van der Waals surface area (Å²) in [5.74, 6) is -1.17. The Balaban J connectivity index is 0.00000158. The van der Waals surface area contributed by atoms with Gasteiger partial charge in [0.25, 0.3) is 11.5 Å². The molecule has 1 aliphatic rings. The number of pyridine rings is 1. The van der Waals surface area contributed by atoms with Crippen LogP contribution < -0.4 is 16.6 Å². The lowest BCUT2D eigenvalue weighted by molar-refractivity contribution is 0.0523. The average Bonchev–Trinajstić information content (AvgIpc) is 3.00. The van der Waals surface area contributed by atoms with E-state index in [0.29, 0.717) is 48.0 Å². The molecule has 1 amide bonds. The molecule has 222 valence electrons. The van der Waals surface area contributed by atoms with Gasteiger partial charge in [-0.2, -0.15) is 0 Å². The number of carbonyl (C=O) groups excluding carboxylic acids is 2. The van der Waals surface area contributed by atoms with Crippen LogP contribution in [0.1, 0.15) is 33.2 Å². The van der Waals surface area contributed by atoms with Crippen LogP contribution in [0, 0.1) is 5.82 Å². The van der Waals surface area contributed by atoms with Crippen molar-refractivity contribution >= 4 is 51.7 Å². The van der Waals surface area contributed by atoms with Crippen LogP contribution in [-0.2, 0) is 11.3 Å². The number of piperazine rings is 1. The molecule has 4 aromatic rings. The molecule has 1 aromatic heterocycles. The first-order valence-electron chi connectivity index (χ1n) is 13.1. The number of para-hydroxylation sites is 1. The van der Waals surface area contributed by atoms with Gasteiger partial charge >= 0.3 is 5.97 Å². The molecule has 0 spiro atoms. The second-order valence-corrected chi connectivity index (χ2v) is 9.70. The summed E-state index contributed by atoms with van der Waals surface area (Å²) in [5.41, 5.74) is 1.90. The number of halogens is 3. The van der Waals surface area contributed by atoms with Crippen LogP contribution in [0.4, 0.5) is 10.1 Å². The Hall–Kier alpha value is -3.92. The number of hydrogen-bond acceptors (Lipinski definition) is 6. The van der Waals surface area contributed by atoms with E-state index in [9.17, 15) is 18.8 Å². The van der Waals surface area contributed by atoms with Gasteiger partial charge in [0, 0.05) is 48.5 Å².